The molecule has 1 saturated carbocycles. The van der Waals surface area contributed by atoms with Gasteiger partial charge in [0.1, 0.15) is 5.54 Å². The fourth-order valence-corrected chi connectivity index (χ4v) is 2.89. The van der Waals surface area contributed by atoms with Crippen LogP contribution in [0.3, 0.4) is 0 Å². The van der Waals surface area contributed by atoms with E-state index in [1.54, 1.807) is 0 Å². The number of aliphatic carboxylic acids is 1. The standard InChI is InChI=1S/C13H24N2O2/c1-3-13(4-2,12(16)17)14-10-7-8-15(9-10)11-5-6-11/h10-11,14H,3-9H2,1-2H3,(H,16,17). The van der Waals surface area contributed by atoms with Gasteiger partial charge in [-0.05, 0) is 32.1 Å². The Kier molecular flexibility index (Phi) is 3.73. The zero-order chi connectivity index (χ0) is 12.5. The van der Waals surface area contributed by atoms with E-state index in [1.165, 1.54) is 12.8 Å². The fraction of sp³-hybridized carbons (Fsp3) is 0.923. The lowest BCUT2D eigenvalue weighted by molar-refractivity contribution is -0.145. The van der Waals surface area contributed by atoms with Gasteiger partial charge in [0.25, 0.3) is 0 Å². The maximum absolute atomic E-state index is 11.4. The van der Waals surface area contributed by atoms with Crippen LogP contribution in [0.2, 0.25) is 0 Å². The van der Waals surface area contributed by atoms with E-state index in [0.29, 0.717) is 18.9 Å². The Morgan fingerprint density at radius 2 is 2.00 bits per heavy atom. The van der Waals surface area contributed by atoms with Crippen molar-refractivity contribution in [2.24, 2.45) is 0 Å². The summed E-state index contributed by atoms with van der Waals surface area (Å²) in [4.78, 5) is 13.9. The van der Waals surface area contributed by atoms with Crippen LogP contribution < -0.4 is 5.32 Å². The monoisotopic (exact) mass is 240 g/mol. The Bertz CT molecular complexity index is 285. The number of carboxylic acids is 1. The highest BCUT2D eigenvalue weighted by Gasteiger charge is 2.40. The van der Waals surface area contributed by atoms with Crippen molar-refractivity contribution in [2.45, 2.75) is 63.6 Å². The Morgan fingerprint density at radius 1 is 1.35 bits per heavy atom. The van der Waals surface area contributed by atoms with Gasteiger partial charge in [0.05, 0.1) is 0 Å². The first-order valence-electron chi connectivity index (χ1n) is 6.86. The highest BCUT2D eigenvalue weighted by molar-refractivity contribution is 5.78. The average Bonchev–Trinajstić information content (AvgIpc) is 3.07. The van der Waals surface area contributed by atoms with Crippen LogP contribution in [-0.2, 0) is 4.79 Å². The number of carboxylic acid groups (broad SMARTS) is 1. The first-order valence-corrected chi connectivity index (χ1v) is 6.86. The predicted molar refractivity (Wildman–Crippen MR) is 67.1 cm³/mol. The molecule has 1 saturated heterocycles. The van der Waals surface area contributed by atoms with E-state index in [0.717, 1.165) is 25.6 Å². The van der Waals surface area contributed by atoms with Crippen molar-refractivity contribution in [1.82, 2.24) is 10.2 Å². The molecule has 0 amide bonds. The molecule has 1 heterocycles. The van der Waals surface area contributed by atoms with E-state index in [9.17, 15) is 9.90 Å². The summed E-state index contributed by atoms with van der Waals surface area (Å²) in [5.41, 5.74) is -0.718. The Hall–Kier alpha value is -0.610. The minimum atomic E-state index is -0.718. The molecule has 2 fully saturated rings. The van der Waals surface area contributed by atoms with E-state index in [2.05, 4.69) is 10.2 Å². The molecule has 1 aliphatic carbocycles. The second kappa shape index (κ2) is 4.94. The highest BCUT2D eigenvalue weighted by atomic mass is 16.4. The lowest BCUT2D eigenvalue weighted by Gasteiger charge is -2.31. The molecule has 2 aliphatic rings. The maximum atomic E-state index is 11.4. The van der Waals surface area contributed by atoms with Crippen LogP contribution >= 0.6 is 0 Å². The quantitative estimate of drug-likeness (QED) is 0.738. The van der Waals surface area contributed by atoms with E-state index >= 15 is 0 Å². The fourth-order valence-electron chi connectivity index (χ4n) is 2.89. The smallest absolute Gasteiger partial charge is 0.323 e. The highest BCUT2D eigenvalue weighted by Crippen LogP contribution is 2.30. The van der Waals surface area contributed by atoms with Crippen LogP contribution in [0.15, 0.2) is 0 Å². The van der Waals surface area contributed by atoms with Gasteiger partial charge in [0, 0.05) is 25.2 Å². The van der Waals surface area contributed by atoms with Gasteiger partial charge in [0.2, 0.25) is 0 Å². The molecule has 0 radical (unpaired) electrons. The van der Waals surface area contributed by atoms with Gasteiger partial charge in [-0.15, -0.1) is 0 Å². The molecule has 0 aromatic rings. The number of hydrogen-bond acceptors (Lipinski definition) is 3. The molecule has 0 aromatic heterocycles. The number of hydrogen-bond donors (Lipinski definition) is 2. The Labute approximate surface area is 103 Å². The van der Waals surface area contributed by atoms with Crippen molar-refractivity contribution in [3.63, 3.8) is 0 Å². The SMILES string of the molecule is CCC(CC)(NC1CCN(C2CC2)C1)C(=O)O. The number of rotatable bonds is 6. The van der Waals surface area contributed by atoms with E-state index < -0.39 is 11.5 Å². The second-order valence-corrected chi connectivity index (χ2v) is 5.45. The second-order valence-electron chi connectivity index (χ2n) is 5.45. The molecule has 17 heavy (non-hydrogen) atoms. The van der Waals surface area contributed by atoms with Gasteiger partial charge in [-0.3, -0.25) is 15.0 Å². The third-order valence-corrected chi connectivity index (χ3v) is 4.38. The number of nitrogens with zero attached hydrogens (tertiary/aromatic N) is 1. The Balaban J connectivity index is 1.92. The van der Waals surface area contributed by atoms with Crippen LogP contribution in [0, 0.1) is 0 Å². The molecule has 0 aromatic carbocycles. The predicted octanol–water partition coefficient (Wildman–Crippen LogP) is 1.46. The van der Waals surface area contributed by atoms with Crippen LogP contribution in [-0.4, -0.2) is 46.7 Å². The molecule has 2 rings (SSSR count). The number of nitrogens with one attached hydrogen (secondary N) is 1. The van der Waals surface area contributed by atoms with Crippen molar-refractivity contribution in [1.29, 1.82) is 0 Å². The van der Waals surface area contributed by atoms with Gasteiger partial charge < -0.3 is 5.11 Å². The lowest BCUT2D eigenvalue weighted by Crippen LogP contribution is -2.55. The molecular weight excluding hydrogens is 216 g/mol. The molecule has 2 N–H and O–H groups in total. The summed E-state index contributed by atoms with van der Waals surface area (Å²) in [6.45, 7) is 6.07. The van der Waals surface area contributed by atoms with Crippen LogP contribution in [0.1, 0.15) is 46.0 Å². The van der Waals surface area contributed by atoms with Gasteiger partial charge in [-0.1, -0.05) is 13.8 Å². The van der Waals surface area contributed by atoms with Gasteiger partial charge in [0.15, 0.2) is 0 Å². The van der Waals surface area contributed by atoms with Crippen LogP contribution in [0.5, 0.6) is 0 Å². The summed E-state index contributed by atoms with van der Waals surface area (Å²) in [6.07, 6.45) is 5.06. The molecule has 1 unspecified atom stereocenters. The average molecular weight is 240 g/mol. The summed E-state index contributed by atoms with van der Waals surface area (Å²) in [5, 5.41) is 12.8. The zero-order valence-electron chi connectivity index (χ0n) is 10.9. The molecule has 1 atom stereocenters. The molecule has 0 bridgehead atoms. The first kappa shape index (κ1) is 12.8. The topological polar surface area (TPSA) is 52.6 Å². The van der Waals surface area contributed by atoms with Gasteiger partial charge in [-0.2, -0.15) is 0 Å². The molecule has 98 valence electrons. The summed E-state index contributed by atoms with van der Waals surface area (Å²) < 4.78 is 0. The zero-order valence-corrected chi connectivity index (χ0v) is 10.9. The molecule has 0 spiro atoms. The van der Waals surface area contributed by atoms with E-state index in [-0.39, 0.29) is 0 Å². The largest absolute Gasteiger partial charge is 0.480 e. The minimum Gasteiger partial charge on any atom is -0.480 e. The first-order chi connectivity index (χ1) is 8.11. The van der Waals surface area contributed by atoms with E-state index in [1.807, 2.05) is 13.8 Å². The van der Waals surface area contributed by atoms with Crippen LogP contribution in [0.4, 0.5) is 0 Å². The molecule has 1 aliphatic heterocycles. The summed E-state index contributed by atoms with van der Waals surface area (Å²) in [5.74, 6) is -0.702. The van der Waals surface area contributed by atoms with Crippen molar-refractivity contribution in [3.05, 3.63) is 0 Å². The van der Waals surface area contributed by atoms with Gasteiger partial charge >= 0.3 is 5.97 Å². The van der Waals surface area contributed by atoms with E-state index in [4.69, 9.17) is 0 Å². The minimum absolute atomic E-state index is 0.353. The van der Waals surface area contributed by atoms with Crippen molar-refractivity contribution in [3.8, 4) is 0 Å². The number of carbonyl (C=O) groups is 1. The summed E-state index contributed by atoms with van der Waals surface area (Å²) >= 11 is 0. The van der Waals surface area contributed by atoms with Crippen molar-refractivity contribution >= 4 is 5.97 Å². The third kappa shape index (κ3) is 2.63. The number of likely N-dealkylation sites (tertiary alicyclic amines) is 1. The lowest BCUT2D eigenvalue weighted by atomic mass is 9.91. The summed E-state index contributed by atoms with van der Waals surface area (Å²) in [6, 6.07) is 1.15. The summed E-state index contributed by atoms with van der Waals surface area (Å²) in [7, 11) is 0. The molecular formula is C13H24N2O2. The van der Waals surface area contributed by atoms with Crippen LogP contribution in [0.25, 0.3) is 0 Å². The van der Waals surface area contributed by atoms with Gasteiger partial charge in [-0.25, -0.2) is 0 Å². The normalized spacial score (nSPS) is 26.4. The van der Waals surface area contributed by atoms with Crippen molar-refractivity contribution < 1.29 is 9.90 Å². The molecule has 4 nitrogen and oxygen atoms in total. The van der Waals surface area contributed by atoms with Crippen molar-refractivity contribution in [2.75, 3.05) is 13.1 Å². The molecule has 4 heteroatoms. The third-order valence-electron chi connectivity index (χ3n) is 4.38. The Morgan fingerprint density at radius 3 is 2.47 bits per heavy atom. The maximum Gasteiger partial charge on any atom is 0.323 e.